The van der Waals surface area contributed by atoms with Crippen LogP contribution >= 0.6 is 0 Å². The number of ether oxygens (including phenoxy) is 1. The quantitative estimate of drug-likeness (QED) is 0.752. The van der Waals surface area contributed by atoms with Crippen molar-refractivity contribution in [3.63, 3.8) is 0 Å². The van der Waals surface area contributed by atoms with E-state index in [0.717, 1.165) is 17.7 Å². The number of carbonyl (C=O) groups excluding carboxylic acids is 1. The highest BCUT2D eigenvalue weighted by Gasteiger charge is 2.22. The minimum Gasteiger partial charge on any atom is -0.497 e. The van der Waals surface area contributed by atoms with Gasteiger partial charge in [-0.05, 0) is 43.5 Å². The van der Waals surface area contributed by atoms with Gasteiger partial charge in [0.2, 0.25) is 5.91 Å². The predicted octanol–water partition coefficient (Wildman–Crippen LogP) is 2.38. The predicted molar refractivity (Wildman–Crippen MR) is 80.6 cm³/mol. The molecule has 0 radical (unpaired) electrons. The molecule has 4 nitrogen and oxygen atoms in total. The van der Waals surface area contributed by atoms with Crippen LogP contribution in [0.4, 0.5) is 0 Å². The number of rotatable bonds is 7. The number of hydrogen-bond donors (Lipinski definition) is 2. The molecule has 0 heterocycles. The second-order valence-electron chi connectivity index (χ2n) is 4.98. The van der Waals surface area contributed by atoms with E-state index in [1.807, 2.05) is 38.1 Å². The lowest BCUT2D eigenvalue weighted by atomic mass is 9.95. The Morgan fingerprint density at radius 1 is 1.40 bits per heavy atom. The highest BCUT2D eigenvalue weighted by atomic mass is 16.5. The number of hydrogen-bond acceptors (Lipinski definition) is 3. The number of methoxy groups -OCH3 is 1. The average molecular weight is 277 g/mol. The SMILES string of the molecule is CCC(C)(CCO)NC(=O)/C=C/c1ccc(OC)cc1. The van der Waals surface area contributed by atoms with Crippen LogP contribution in [0.1, 0.15) is 32.3 Å². The Morgan fingerprint density at radius 2 is 2.05 bits per heavy atom. The minimum atomic E-state index is -0.365. The molecule has 1 amide bonds. The van der Waals surface area contributed by atoms with Gasteiger partial charge in [-0.15, -0.1) is 0 Å². The van der Waals surface area contributed by atoms with Crippen LogP contribution in [0, 0.1) is 0 Å². The van der Waals surface area contributed by atoms with E-state index in [-0.39, 0.29) is 18.1 Å². The van der Waals surface area contributed by atoms with Crippen molar-refractivity contribution in [2.24, 2.45) is 0 Å². The lowest BCUT2D eigenvalue weighted by Crippen LogP contribution is -2.45. The molecule has 1 aromatic carbocycles. The van der Waals surface area contributed by atoms with Gasteiger partial charge < -0.3 is 15.2 Å². The maximum absolute atomic E-state index is 11.9. The number of benzene rings is 1. The highest BCUT2D eigenvalue weighted by molar-refractivity contribution is 5.92. The molecular formula is C16H23NO3. The molecule has 0 aliphatic carbocycles. The van der Waals surface area contributed by atoms with Gasteiger partial charge in [-0.25, -0.2) is 0 Å². The maximum atomic E-state index is 11.9. The summed E-state index contributed by atoms with van der Waals surface area (Å²) in [5.74, 6) is 0.631. The van der Waals surface area contributed by atoms with Crippen molar-refractivity contribution in [3.8, 4) is 5.75 Å². The Labute approximate surface area is 120 Å². The van der Waals surface area contributed by atoms with E-state index >= 15 is 0 Å². The summed E-state index contributed by atoms with van der Waals surface area (Å²) < 4.78 is 5.08. The van der Waals surface area contributed by atoms with Gasteiger partial charge in [0.05, 0.1) is 7.11 Å². The molecular weight excluding hydrogens is 254 g/mol. The summed E-state index contributed by atoms with van der Waals surface area (Å²) in [6.07, 6.45) is 4.58. The summed E-state index contributed by atoms with van der Waals surface area (Å²) in [4.78, 5) is 11.9. The highest BCUT2D eigenvalue weighted by Crippen LogP contribution is 2.14. The first-order valence-electron chi connectivity index (χ1n) is 6.78. The van der Waals surface area contributed by atoms with E-state index in [2.05, 4.69) is 5.32 Å². The van der Waals surface area contributed by atoms with Crippen molar-refractivity contribution >= 4 is 12.0 Å². The summed E-state index contributed by atoms with van der Waals surface area (Å²) in [5.41, 5.74) is 0.567. The van der Waals surface area contributed by atoms with E-state index in [1.54, 1.807) is 13.2 Å². The van der Waals surface area contributed by atoms with Crippen molar-refractivity contribution in [3.05, 3.63) is 35.9 Å². The zero-order chi connectivity index (χ0) is 15.0. The molecule has 1 rings (SSSR count). The summed E-state index contributed by atoms with van der Waals surface area (Å²) >= 11 is 0. The third-order valence-electron chi connectivity index (χ3n) is 3.41. The Morgan fingerprint density at radius 3 is 2.55 bits per heavy atom. The second kappa shape index (κ2) is 7.70. The Kier molecular flexibility index (Phi) is 6.25. The van der Waals surface area contributed by atoms with Gasteiger partial charge in [0.1, 0.15) is 5.75 Å². The van der Waals surface area contributed by atoms with Crippen LogP contribution in [0.5, 0.6) is 5.75 Å². The van der Waals surface area contributed by atoms with Crippen LogP contribution in [-0.2, 0) is 4.79 Å². The second-order valence-corrected chi connectivity index (χ2v) is 4.98. The molecule has 0 spiro atoms. The van der Waals surface area contributed by atoms with Crippen molar-refractivity contribution in [1.82, 2.24) is 5.32 Å². The fourth-order valence-corrected chi connectivity index (χ4v) is 1.80. The fourth-order valence-electron chi connectivity index (χ4n) is 1.80. The molecule has 2 N–H and O–H groups in total. The molecule has 0 aliphatic heterocycles. The van der Waals surface area contributed by atoms with Crippen LogP contribution in [-0.4, -0.2) is 30.3 Å². The first-order valence-corrected chi connectivity index (χ1v) is 6.78. The van der Waals surface area contributed by atoms with Crippen molar-refractivity contribution < 1.29 is 14.6 Å². The molecule has 0 saturated carbocycles. The zero-order valence-corrected chi connectivity index (χ0v) is 12.3. The molecule has 0 fully saturated rings. The summed E-state index contributed by atoms with van der Waals surface area (Å²) in [5, 5.41) is 11.9. The van der Waals surface area contributed by atoms with Crippen molar-refractivity contribution in [2.75, 3.05) is 13.7 Å². The van der Waals surface area contributed by atoms with Gasteiger partial charge in [-0.3, -0.25) is 4.79 Å². The molecule has 0 saturated heterocycles. The molecule has 1 atom stereocenters. The van der Waals surface area contributed by atoms with Crippen LogP contribution < -0.4 is 10.1 Å². The molecule has 1 unspecified atom stereocenters. The monoisotopic (exact) mass is 277 g/mol. The molecule has 0 aliphatic rings. The topological polar surface area (TPSA) is 58.6 Å². The Hall–Kier alpha value is -1.81. The lowest BCUT2D eigenvalue weighted by Gasteiger charge is -2.28. The maximum Gasteiger partial charge on any atom is 0.244 e. The number of carbonyl (C=O) groups is 1. The van der Waals surface area contributed by atoms with E-state index < -0.39 is 0 Å². The summed E-state index contributed by atoms with van der Waals surface area (Å²) in [6.45, 7) is 3.98. The van der Waals surface area contributed by atoms with Crippen LogP contribution in [0.25, 0.3) is 6.08 Å². The van der Waals surface area contributed by atoms with Gasteiger partial charge in [0, 0.05) is 18.2 Å². The number of nitrogens with one attached hydrogen (secondary N) is 1. The molecule has 0 aromatic heterocycles. The molecule has 20 heavy (non-hydrogen) atoms. The van der Waals surface area contributed by atoms with E-state index in [4.69, 9.17) is 9.84 Å². The Bertz CT molecular complexity index is 453. The molecule has 4 heteroatoms. The number of amides is 1. The summed E-state index contributed by atoms with van der Waals surface area (Å²) in [7, 11) is 1.62. The molecule has 0 bridgehead atoms. The standard InChI is InChI=1S/C16H23NO3/c1-4-16(2,11-12-18)17-15(19)10-7-13-5-8-14(20-3)9-6-13/h5-10,18H,4,11-12H2,1-3H3,(H,17,19)/b10-7+. The van der Waals surface area contributed by atoms with Crippen LogP contribution in [0.3, 0.4) is 0 Å². The molecule has 110 valence electrons. The van der Waals surface area contributed by atoms with Gasteiger partial charge in [-0.1, -0.05) is 19.1 Å². The smallest absolute Gasteiger partial charge is 0.244 e. The minimum absolute atomic E-state index is 0.0623. The van der Waals surface area contributed by atoms with Gasteiger partial charge in [0.15, 0.2) is 0 Å². The largest absolute Gasteiger partial charge is 0.497 e. The number of aliphatic hydroxyl groups is 1. The average Bonchev–Trinajstić information content (AvgIpc) is 2.46. The van der Waals surface area contributed by atoms with E-state index in [0.29, 0.717) is 6.42 Å². The van der Waals surface area contributed by atoms with E-state index in [9.17, 15) is 4.79 Å². The van der Waals surface area contributed by atoms with Crippen molar-refractivity contribution in [2.45, 2.75) is 32.2 Å². The fraction of sp³-hybridized carbons (Fsp3) is 0.438. The first kappa shape index (κ1) is 16.2. The zero-order valence-electron chi connectivity index (χ0n) is 12.3. The van der Waals surface area contributed by atoms with Crippen LogP contribution in [0.15, 0.2) is 30.3 Å². The molecule has 1 aromatic rings. The van der Waals surface area contributed by atoms with Gasteiger partial charge in [0.25, 0.3) is 0 Å². The van der Waals surface area contributed by atoms with Gasteiger partial charge >= 0.3 is 0 Å². The van der Waals surface area contributed by atoms with Crippen molar-refractivity contribution in [1.29, 1.82) is 0 Å². The third-order valence-corrected chi connectivity index (χ3v) is 3.41. The van der Waals surface area contributed by atoms with Crippen LogP contribution in [0.2, 0.25) is 0 Å². The third kappa shape index (κ3) is 5.05. The van der Waals surface area contributed by atoms with Gasteiger partial charge in [-0.2, -0.15) is 0 Å². The number of aliphatic hydroxyl groups excluding tert-OH is 1. The Balaban J connectivity index is 2.62. The lowest BCUT2D eigenvalue weighted by molar-refractivity contribution is -0.118. The summed E-state index contributed by atoms with van der Waals surface area (Å²) in [6, 6.07) is 7.46. The normalized spacial score (nSPS) is 14.0. The van der Waals surface area contributed by atoms with E-state index in [1.165, 1.54) is 6.08 Å². The first-order chi connectivity index (χ1) is 9.53.